The normalized spacial score (nSPS) is 22.0. The number of piperidine rings is 2. The van der Waals surface area contributed by atoms with Gasteiger partial charge in [-0.05, 0) is 61.1 Å². The van der Waals surface area contributed by atoms with Gasteiger partial charge in [0, 0.05) is 38.6 Å². The molecule has 0 bridgehead atoms. The fourth-order valence-corrected chi connectivity index (χ4v) is 4.87. The number of likely N-dealkylation sites (tertiary alicyclic amines) is 2. The van der Waals surface area contributed by atoms with E-state index in [9.17, 15) is 4.79 Å². The van der Waals surface area contributed by atoms with Crippen LogP contribution in [0.2, 0.25) is 0 Å². The lowest BCUT2D eigenvalue weighted by molar-refractivity contribution is -0.140. The van der Waals surface area contributed by atoms with Crippen molar-refractivity contribution >= 4 is 12.0 Å². The summed E-state index contributed by atoms with van der Waals surface area (Å²) in [6, 6.07) is 10.2. The Morgan fingerprint density at radius 2 is 2.03 bits per heavy atom. The van der Waals surface area contributed by atoms with Gasteiger partial charge in [-0.2, -0.15) is 0 Å². The minimum Gasteiger partial charge on any atom is -0.493 e. The Morgan fingerprint density at radius 3 is 2.81 bits per heavy atom. The molecule has 2 aromatic rings. The number of hydrogen-bond acceptors (Lipinski definition) is 5. The molecule has 1 amide bonds. The highest BCUT2D eigenvalue weighted by atomic mass is 16.5. The van der Waals surface area contributed by atoms with Crippen LogP contribution in [0.3, 0.4) is 0 Å². The molecule has 2 saturated heterocycles. The number of hydrogen-bond donors (Lipinski definition) is 0. The van der Waals surface area contributed by atoms with Crippen molar-refractivity contribution in [2.24, 2.45) is 5.92 Å². The van der Waals surface area contributed by atoms with Gasteiger partial charge in [0.05, 0.1) is 20.5 Å². The van der Waals surface area contributed by atoms with Crippen LogP contribution in [0.15, 0.2) is 47.1 Å². The molecule has 4 rings (SSSR count). The van der Waals surface area contributed by atoms with Crippen LogP contribution in [0.1, 0.15) is 30.6 Å². The predicted octanol–water partition coefficient (Wildman–Crippen LogP) is 3.87. The first-order valence-corrected chi connectivity index (χ1v) is 11.1. The van der Waals surface area contributed by atoms with Crippen molar-refractivity contribution in [1.29, 1.82) is 0 Å². The van der Waals surface area contributed by atoms with Crippen LogP contribution in [0.5, 0.6) is 11.5 Å². The Hall–Kier alpha value is -2.73. The molecule has 6 nitrogen and oxygen atoms in total. The Bertz CT molecular complexity index is 893. The fraction of sp³-hybridized carbons (Fsp3) is 0.480. The molecule has 0 aliphatic carbocycles. The standard InChI is InChI=1S/C25H32N2O4/c1-29-23-9-7-19(17-24(23)30-2)11-15-27-22-12-14-26(18-20(22)8-10-25(27)28)13-3-5-21-6-4-16-31-21/h3-7,9,16-17,20,22H,8,10-15,18H2,1-2H3/t20-,22+/m1/s1. The van der Waals surface area contributed by atoms with E-state index in [-0.39, 0.29) is 0 Å². The minimum atomic E-state index is 0.299. The van der Waals surface area contributed by atoms with Gasteiger partial charge in [0.25, 0.3) is 0 Å². The second-order valence-corrected chi connectivity index (χ2v) is 8.36. The number of benzene rings is 1. The van der Waals surface area contributed by atoms with Crippen LogP contribution in [-0.4, -0.2) is 62.1 Å². The van der Waals surface area contributed by atoms with Crippen LogP contribution in [-0.2, 0) is 11.2 Å². The van der Waals surface area contributed by atoms with Crippen molar-refractivity contribution in [1.82, 2.24) is 9.80 Å². The fourth-order valence-electron chi connectivity index (χ4n) is 4.87. The number of nitrogens with zero attached hydrogens (tertiary/aromatic N) is 2. The zero-order chi connectivity index (χ0) is 21.6. The van der Waals surface area contributed by atoms with Crippen molar-refractivity contribution in [2.45, 2.75) is 31.7 Å². The maximum atomic E-state index is 12.7. The third-order valence-corrected chi connectivity index (χ3v) is 6.51. The first kappa shape index (κ1) is 21.5. The molecule has 0 N–H and O–H groups in total. The first-order chi connectivity index (χ1) is 15.2. The highest BCUT2D eigenvalue weighted by Gasteiger charge is 2.38. The summed E-state index contributed by atoms with van der Waals surface area (Å²) in [5.74, 6) is 3.20. The molecular weight excluding hydrogens is 392 g/mol. The van der Waals surface area contributed by atoms with E-state index >= 15 is 0 Å². The Kier molecular flexibility index (Phi) is 6.97. The summed E-state index contributed by atoms with van der Waals surface area (Å²) < 4.78 is 16.1. The van der Waals surface area contributed by atoms with Gasteiger partial charge in [-0.3, -0.25) is 9.69 Å². The van der Waals surface area contributed by atoms with Crippen molar-refractivity contribution < 1.29 is 18.7 Å². The molecule has 2 aliphatic rings. The molecule has 3 heterocycles. The quantitative estimate of drug-likeness (QED) is 0.644. The smallest absolute Gasteiger partial charge is 0.222 e. The summed E-state index contributed by atoms with van der Waals surface area (Å²) in [7, 11) is 3.29. The Morgan fingerprint density at radius 1 is 1.16 bits per heavy atom. The van der Waals surface area contributed by atoms with Gasteiger partial charge >= 0.3 is 0 Å². The number of furan rings is 1. The van der Waals surface area contributed by atoms with Gasteiger partial charge in [-0.25, -0.2) is 0 Å². The van der Waals surface area contributed by atoms with Crippen LogP contribution in [0.4, 0.5) is 0 Å². The maximum Gasteiger partial charge on any atom is 0.222 e. The van der Waals surface area contributed by atoms with Gasteiger partial charge in [-0.15, -0.1) is 0 Å². The number of fused-ring (bicyclic) bond motifs is 1. The van der Waals surface area contributed by atoms with Crippen molar-refractivity contribution in [3.05, 3.63) is 54.0 Å². The summed E-state index contributed by atoms with van der Waals surface area (Å²) in [6.45, 7) is 3.74. The lowest BCUT2D eigenvalue weighted by atomic mass is 9.83. The largest absolute Gasteiger partial charge is 0.493 e. The van der Waals surface area contributed by atoms with Crippen LogP contribution in [0.25, 0.3) is 6.08 Å². The zero-order valence-electron chi connectivity index (χ0n) is 18.5. The zero-order valence-corrected chi connectivity index (χ0v) is 18.5. The highest BCUT2D eigenvalue weighted by Crippen LogP contribution is 2.32. The number of carbonyl (C=O) groups is 1. The van der Waals surface area contributed by atoms with Gasteiger partial charge in [0.15, 0.2) is 11.5 Å². The molecule has 6 heteroatoms. The van der Waals surface area contributed by atoms with Crippen molar-refractivity contribution in [3.63, 3.8) is 0 Å². The molecule has 0 spiro atoms. The summed E-state index contributed by atoms with van der Waals surface area (Å²) in [5, 5.41) is 0. The lowest BCUT2D eigenvalue weighted by Gasteiger charge is -2.47. The van der Waals surface area contributed by atoms with E-state index in [1.807, 2.05) is 30.3 Å². The monoisotopic (exact) mass is 424 g/mol. The van der Waals surface area contributed by atoms with Crippen LogP contribution in [0, 0.1) is 5.92 Å². The lowest BCUT2D eigenvalue weighted by Crippen LogP contribution is -2.56. The van der Waals surface area contributed by atoms with Gasteiger partial charge in [-0.1, -0.05) is 12.1 Å². The summed E-state index contributed by atoms with van der Waals surface area (Å²) in [5.41, 5.74) is 1.16. The van der Waals surface area contributed by atoms with E-state index in [1.165, 1.54) is 0 Å². The van der Waals surface area contributed by atoms with E-state index in [0.717, 1.165) is 68.3 Å². The Labute approximate surface area is 184 Å². The molecule has 1 aromatic heterocycles. The topological polar surface area (TPSA) is 55.2 Å². The molecule has 1 aromatic carbocycles. The molecule has 2 atom stereocenters. The number of carbonyl (C=O) groups excluding carboxylic acids is 1. The molecular formula is C25H32N2O4. The molecule has 0 unspecified atom stereocenters. The minimum absolute atomic E-state index is 0.299. The highest BCUT2D eigenvalue weighted by molar-refractivity contribution is 5.77. The first-order valence-electron chi connectivity index (χ1n) is 11.1. The van der Waals surface area contributed by atoms with E-state index < -0.39 is 0 Å². The molecule has 31 heavy (non-hydrogen) atoms. The third kappa shape index (κ3) is 5.13. The second-order valence-electron chi connectivity index (χ2n) is 8.36. The van der Waals surface area contributed by atoms with Gasteiger partial charge in [0.1, 0.15) is 5.76 Å². The molecule has 2 fully saturated rings. The molecule has 166 valence electrons. The van der Waals surface area contributed by atoms with E-state index in [0.29, 0.717) is 24.3 Å². The third-order valence-electron chi connectivity index (χ3n) is 6.51. The van der Waals surface area contributed by atoms with E-state index in [1.54, 1.807) is 20.5 Å². The number of amides is 1. The van der Waals surface area contributed by atoms with Crippen molar-refractivity contribution in [2.75, 3.05) is 40.4 Å². The molecule has 0 radical (unpaired) electrons. The Balaban J connectivity index is 1.34. The summed E-state index contributed by atoms with van der Waals surface area (Å²) >= 11 is 0. The van der Waals surface area contributed by atoms with E-state index in [2.05, 4.69) is 21.9 Å². The average molecular weight is 425 g/mol. The molecule has 2 aliphatic heterocycles. The van der Waals surface area contributed by atoms with Gasteiger partial charge in [0.2, 0.25) is 5.91 Å². The van der Waals surface area contributed by atoms with Crippen molar-refractivity contribution in [3.8, 4) is 11.5 Å². The van der Waals surface area contributed by atoms with Crippen LogP contribution < -0.4 is 9.47 Å². The summed E-state index contributed by atoms with van der Waals surface area (Å²) in [4.78, 5) is 17.4. The maximum absolute atomic E-state index is 12.7. The average Bonchev–Trinajstić information content (AvgIpc) is 3.32. The van der Waals surface area contributed by atoms with Crippen LogP contribution >= 0.6 is 0 Å². The second kappa shape index (κ2) is 10.1. The van der Waals surface area contributed by atoms with Gasteiger partial charge < -0.3 is 18.8 Å². The molecule has 0 saturated carbocycles. The number of rotatable bonds is 8. The summed E-state index contributed by atoms with van der Waals surface area (Å²) in [6.07, 6.45) is 9.41. The SMILES string of the molecule is COc1ccc(CCN2C(=O)CC[C@@H]3CN(CC=Cc4ccco4)CC[C@@H]32)cc1OC. The number of methoxy groups -OCH3 is 2. The van der Waals surface area contributed by atoms with E-state index in [4.69, 9.17) is 13.9 Å². The predicted molar refractivity (Wildman–Crippen MR) is 120 cm³/mol. The number of ether oxygens (including phenoxy) is 2.